The third-order valence-electron chi connectivity index (χ3n) is 5.13. The molecule has 1 aliphatic rings. The minimum absolute atomic E-state index is 0.0967. The summed E-state index contributed by atoms with van der Waals surface area (Å²) >= 11 is 0. The highest BCUT2D eigenvalue weighted by atomic mass is 16.2. The number of hydrogen-bond acceptors (Lipinski definition) is 6. The first-order valence-electron chi connectivity index (χ1n) is 8.89. The lowest BCUT2D eigenvalue weighted by atomic mass is 10.1. The smallest absolute Gasteiger partial charge is 0.231 e. The molecule has 1 amide bonds. The largest absolute Gasteiger partial charge is 0.315 e. The Balaban J connectivity index is 1.68. The number of fused-ring (bicyclic) bond motifs is 2. The summed E-state index contributed by atoms with van der Waals surface area (Å²) in [6, 6.07) is 5.95. The SMILES string of the molecule is Cc1ncc(-c2nc3c(-c4ccc5c(c4)CC(=O)N5C)ncnc3n2C)cn1. The van der Waals surface area contributed by atoms with Gasteiger partial charge < -0.3 is 9.47 Å². The molecule has 3 aromatic heterocycles. The molecular weight excluding hydrogens is 354 g/mol. The van der Waals surface area contributed by atoms with Crippen LogP contribution in [0.25, 0.3) is 33.8 Å². The van der Waals surface area contributed by atoms with Gasteiger partial charge in [-0.05, 0) is 24.6 Å². The molecule has 0 aliphatic carbocycles. The van der Waals surface area contributed by atoms with Crippen molar-refractivity contribution < 1.29 is 4.79 Å². The topological polar surface area (TPSA) is 89.7 Å². The van der Waals surface area contributed by atoms with E-state index in [-0.39, 0.29) is 5.91 Å². The monoisotopic (exact) mass is 371 g/mol. The number of anilines is 1. The Morgan fingerprint density at radius 1 is 1.00 bits per heavy atom. The van der Waals surface area contributed by atoms with Gasteiger partial charge in [0.15, 0.2) is 5.65 Å². The van der Waals surface area contributed by atoms with E-state index in [1.165, 1.54) is 0 Å². The Kier molecular flexibility index (Phi) is 3.48. The van der Waals surface area contributed by atoms with Crippen LogP contribution in [-0.4, -0.2) is 42.4 Å². The average molecular weight is 371 g/mol. The van der Waals surface area contributed by atoms with Crippen LogP contribution < -0.4 is 4.90 Å². The van der Waals surface area contributed by atoms with Crippen molar-refractivity contribution in [3.05, 3.63) is 48.3 Å². The van der Waals surface area contributed by atoms with Crippen molar-refractivity contribution in [2.75, 3.05) is 11.9 Å². The molecule has 0 bridgehead atoms. The molecule has 0 unspecified atom stereocenters. The van der Waals surface area contributed by atoms with Crippen molar-refractivity contribution in [1.82, 2.24) is 29.5 Å². The zero-order chi connectivity index (χ0) is 19.4. The van der Waals surface area contributed by atoms with Crippen LogP contribution in [0.4, 0.5) is 5.69 Å². The molecule has 0 saturated heterocycles. The number of benzene rings is 1. The van der Waals surface area contributed by atoms with Crippen molar-refractivity contribution >= 4 is 22.8 Å². The third kappa shape index (κ3) is 2.38. The number of likely N-dealkylation sites (N-methyl/N-ethyl adjacent to an activating group) is 1. The van der Waals surface area contributed by atoms with Gasteiger partial charge >= 0.3 is 0 Å². The Morgan fingerprint density at radius 2 is 1.79 bits per heavy atom. The summed E-state index contributed by atoms with van der Waals surface area (Å²) in [4.78, 5) is 35.9. The molecule has 1 aromatic carbocycles. The molecule has 4 heterocycles. The molecule has 0 N–H and O–H groups in total. The van der Waals surface area contributed by atoms with Crippen LogP contribution in [0.5, 0.6) is 0 Å². The highest BCUT2D eigenvalue weighted by molar-refractivity contribution is 6.02. The molecule has 4 aromatic rings. The Hall–Kier alpha value is -3.68. The number of amides is 1. The van der Waals surface area contributed by atoms with Gasteiger partial charge in [-0.3, -0.25) is 4.79 Å². The molecule has 28 heavy (non-hydrogen) atoms. The van der Waals surface area contributed by atoms with Gasteiger partial charge in [0.05, 0.1) is 12.0 Å². The second kappa shape index (κ2) is 5.91. The number of aromatic nitrogens is 6. The summed E-state index contributed by atoms with van der Waals surface area (Å²) in [7, 11) is 3.71. The number of carbonyl (C=O) groups excluding carboxylic acids is 1. The van der Waals surface area contributed by atoms with E-state index in [2.05, 4.69) is 19.9 Å². The minimum Gasteiger partial charge on any atom is -0.315 e. The Bertz CT molecular complexity index is 1240. The van der Waals surface area contributed by atoms with Gasteiger partial charge in [0.25, 0.3) is 0 Å². The predicted molar refractivity (Wildman–Crippen MR) is 105 cm³/mol. The van der Waals surface area contributed by atoms with Crippen molar-refractivity contribution in [1.29, 1.82) is 0 Å². The predicted octanol–water partition coefficient (Wildman–Crippen LogP) is 2.31. The first-order valence-corrected chi connectivity index (χ1v) is 8.89. The van der Waals surface area contributed by atoms with Gasteiger partial charge in [-0.15, -0.1) is 0 Å². The molecule has 0 fully saturated rings. The van der Waals surface area contributed by atoms with Crippen LogP contribution in [0.1, 0.15) is 11.4 Å². The second-order valence-corrected chi connectivity index (χ2v) is 6.88. The van der Waals surface area contributed by atoms with Gasteiger partial charge in [0.2, 0.25) is 5.91 Å². The van der Waals surface area contributed by atoms with E-state index >= 15 is 0 Å². The molecule has 0 spiro atoms. The van der Waals surface area contributed by atoms with Crippen LogP contribution in [0.15, 0.2) is 36.9 Å². The number of aryl methyl sites for hydroxylation is 2. The molecule has 1 aliphatic heterocycles. The zero-order valence-electron chi connectivity index (χ0n) is 15.7. The summed E-state index contributed by atoms with van der Waals surface area (Å²) in [6.45, 7) is 1.85. The normalized spacial score (nSPS) is 13.4. The number of nitrogens with zero attached hydrogens (tertiary/aromatic N) is 7. The number of hydrogen-bond donors (Lipinski definition) is 0. The highest BCUT2D eigenvalue weighted by Gasteiger charge is 2.25. The summed E-state index contributed by atoms with van der Waals surface area (Å²) in [5.74, 6) is 1.54. The van der Waals surface area contributed by atoms with Crippen LogP contribution >= 0.6 is 0 Å². The first kappa shape index (κ1) is 16.5. The molecule has 0 radical (unpaired) electrons. The summed E-state index contributed by atoms with van der Waals surface area (Å²) in [5.41, 5.74) is 5.85. The van der Waals surface area contributed by atoms with E-state index in [9.17, 15) is 4.79 Å². The fourth-order valence-electron chi connectivity index (χ4n) is 3.59. The van der Waals surface area contributed by atoms with Crippen LogP contribution in [0.2, 0.25) is 0 Å². The van der Waals surface area contributed by atoms with E-state index in [4.69, 9.17) is 4.98 Å². The molecule has 8 heteroatoms. The Labute approximate surface area is 160 Å². The van der Waals surface area contributed by atoms with Crippen molar-refractivity contribution in [2.45, 2.75) is 13.3 Å². The quantitative estimate of drug-likeness (QED) is 0.537. The minimum atomic E-state index is 0.0967. The maximum atomic E-state index is 12.0. The zero-order valence-corrected chi connectivity index (χ0v) is 15.7. The van der Waals surface area contributed by atoms with Gasteiger partial charge in [-0.2, -0.15) is 0 Å². The standard InChI is InChI=1S/C20H17N7O/c1-11-21-8-14(9-22-11)19-25-18-17(23-10-24-20(18)27(19)3)12-4-5-15-13(6-12)7-16(28)26(15)2/h4-6,8-10H,7H2,1-3H3. The fraction of sp³-hybridized carbons (Fsp3) is 0.200. The van der Waals surface area contributed by atoms with Crippen LogP contribution in [0, 0.1) is 6.92 Å². The lowest BCUT2D eigenvalue weighted by Crippen LogP contribution is -2.20. The number of imidazole rings is 1. The second-order valence-electron chi connectivity index (χ2n) is 6.88. The van der Waals surface area contributed by atoms with E-state index in [1.54, 1.807) is 30.7 Å². The van der Waals surface area contributed by atoms with Gasteiger partial charge in [-0.25, -0.2) is 24.9 Å². The van der Waals surface area contributed by atoms with Crippen molar-refractivity contribution in [2.24, 2.45) is 7.05 Å². The molecular formula is C20H17N7O. The van der Waals surface area contributed by atoms with Crippen molar-refractivity contribution in [3.8, 4) is 22.6 Å². The average Bonchev–Trinajstić information content (AvgIpc) is 3.19. The number of carbonyl (C=O) groups is 1. The Morgan fingerprint density at radius 3 is 2.57 bits per heavy atom. The van der Waals surface area contributed by atoms with E-state index in [0.29, 0.717) is 17.8 Å². The van der Waals surface area contributed by atoms with E-state index in [1.807, 2.05) is 36.7 Å². The molecule has 0 saturated carbocycles. The lowest BCUT2D eigenvalue weighted by Gasteiger charge is -2.10. The summed E-state index contributed by atoms with van der Waals surface area (Å²) < 4.78 is 1.92. The van der Waals surface area contributed by atoms with Gasteiger partial charge in [0, 0.05) is 37.7 Å². The summed E-state index contributed by atoms with van der Waals surface area (Å²) in [6.07, 6.45) is 5.46. The summed E-state index contributed by atoms with van der Waals surface area (Å²) in [5, 5.41) is 0. The fourth-order valence-corrected chi connectivity index (χ4v) is 3.59. The molecule has 5 rings (SSSR count). The van der Waals surface area contributed by atoms with E-state index in [0.717, 1.165) is 39.5 Å². The molecule has 138 valence electrons. The van der Waals surface area contributed by atoms with Crippen LogP contribution in [0.3, 0.4) is 0 Å². The van der Waals surface area contributed by atoms with Gasteiger partial charge in [0.1, 0.15) is 29.2 Å². The molecule has 0 atom stereocenters. The van der Waals surface area contributed by atoms with Crippen molar-refractivity contribution in [3.63, 3.8) is 0 Å². The first-order chi connectivity index (χ1) is 13.5. The maximum Gasteiger partial charge on any atom is 0.231 e. The third-order valence-corrected chi connectivity index (χ3v) is 5.13. The molecule has 8 nitrogen and oxygen atoms in total. The van der Waals surface area contributed by atoms with Crippen LogP contribution in [-0.2, 0) is 18.3 Å². The number of rotatable bonds is 2. The lowest BCUT2D eigenvalue weighted by molar-refractivity contribution is -0.117. The van der Waals surface area contributed by atoms with E-state index < -0.39 is 0 Å². The highest BCUT2D eigenvalue weighted by Crippen LogP contribution is 2.34. The van der Waals surface area contributed by atoms with Gasteiger partial charge in [-0.1, -0.05) is 6.07 Å². The maximum absolute atomic E-state index is 12.0.